The van der Waals surface area contributed by atoms with Crippen molar-refractivity contribution in [3.8, 4) is 0 Å². The SMILES string of the molecule is CC[Si](C)(C)OC(=O)CCC(C)C1CCC2C3CC[C@H]4C[C@H](O[Si](C)(C)CC)CCC4(C)C3C[C@H](O[Si](C)(C)CC)C12C. The highest BCUT2D eigenvalue weighted by molar-refractivity contribution is 6.72. The van der Waals surface area contributed by atoms with E-state index in [9.17, 15) is 4.79 Å². The molecule has 0 aromatic carbocycles. The van der Waals surface area contributed by atoms with Gasteiger partial charge < -0.3 is 13.3 Å². The summed E-state index contributed by atoms with van der Waals surface area (Å²) >= 11 is 0. The van der Waals surface area contributed by atoms with Gasteiger partial charge in [0.05, 0.1) is 6.10 Å². The highest BCUT2D eigenvalue weighted by Gasteiger charge is 2.64. The van der Waals surface area contributed by atoms with Crippen LogP contribution in [0.2, 0.25) is 57.4 Å². The molecule has 4 fully saturated rings. The van der Waals surface area contributed by atoms with Crippen molar-refractivity contribution in [3.63, 3.8) is 0 Å². The van der Waals surface area contributed by atoms with E-state index in [-0.39, 0.29) is 11.4 Å². The van der Waals surface area contributed by atoms with Gasteiger partial charge in [0.25, 0.3) is 5.97 Å². The Hall–Kier alpha value is 0.0406. The summed E-state index contributed by atoms with van der Waals surface area (Å²) in [6.07, 6.45) is 12.9. The molecular weight excluding hydrogens is 581 g/mol. The minimum absolute atomic E-state index is 0.0388. The summed E-state index contributed by atoms with van der Waals surface area (Å²) in [6, 6.07) is 3.38. The van der Waals surface area contributed by atoms with Gasteiger partial charge in [-0.3, -0.25) is 4.79 Å². The van der Waals surface area contributed by atoms with Crippen LogP contribution < -0.4 is 0 Å². The maximum absolute atomic E-state index is 12.9. The number of carbonyl (C=O) groups excluding carboxylic acids is 1. The van der Waals surface area contributed by atoms with Crippen LogP contribution in [0.4, 0.5) is 0 Å². The fraction of sp³-hybridized carbons (Fsp3) is 0.972. The summed E-state index contributed by atoms with van der Waals surface area (Å²) < 4.78 is 20.3. The average molecular weight is 651 g/mol. The highest BCUT2D eigenvalue weighted by Crippen LogP contribution is 2.69. The van der Waals surface area contributed by atoms with Crippen molar-refractivity contribution in [2.24, 2.45) is 46.3 Å². The minimum Gasteiger partial charge on any atom is -0.520 e. The van der Waals surface area contributed by atoms with E-state index >= 15 is 0 Å². The van der Waals surface area contributed by atoms with Crippen molar-refractivity contribution in [1.82, 2.24) is 0 Å². The van der Waals surface area contributed by atoms with Gasteiger partial charge in [-0.25, -0.2) is 0 Å². The second-order valence-electron chi connectivity index (χ2n) is 17.9. The van der Waals surface area contributed by atoms with Crippen LogP contribution in [0.3, 0.4) is 0 Å². The van der Waals surface area contributed by atoms with Gasteiger partial charge in [0.15, 0.2) is 16.6 Å². The van der Waals surface area contributed by atoms with Gasteiger partial charge in [-0.15, -0.1) is 0 Å². The zero-order chi connectivity index (χ0) is 32.0. The molecule has 0 N–H and O–H groups in total. The molecule has 4 aliphatic carbocycles. The smallest absolute Gasteiger partial charge is 0.292 e. The van der Waals surface area contributed by atoms with E-state index in [0.717, 1.165) is 36.1 Å². The Morgan fingerprint density at radius 3 is 2.05 bits per heavy atom. The van der Waals surface area contributed by atoms with E-state index in [1.165, 1.54) is 63.5 Å². The second-order valence-corrected chi connectivity index (χ2v) is 31.2. The molecule has 0 radical (unpaired) electrons. The molecule has 4 nitrogen and oxygen atoms in total. The van der Waals surface area contributed by atoms with Crippen LogP contribution in [0, 0.1) is 46.3 Å². The molecule has 43 heavy (non-hydrogen) atoms. The maximum atomic E-state index is 12.9. The number of hydrogen-bond donors (Lipinski definition) is 0. The molecule has 0 spiro atoms. The van der Waals surface area contributed by atoms with Crippen LogP contribution in [-0.4, -0.2) is 43.1 Å². The zero-order valence-corrected chi connectivity index (χ0v) is 33.4. The van der Waals surface area contributed by atoms with E-state index in [1.54, 1.807) is 0 Å². The predicted octanol–water partition coefficient (Wildman–Crippen LogP) is 10.7. The molecular formula is C36H70O4Si3. The Morgan fingerprint density at radius 2 is 1.42 bits per heavy atom. The van der Waals surface area contributed by atoms with E-state index < -0.39 is 25.0 Å². The van der Waals surface area contributed by atoms with Crippen LogP contribution in [0.25, 0.3) is 0 Å². The summed E-state index contributed by atoms with van der Waals surface area (Å²) in [4.78, 5) is 12.9. The lowest BCUT2D eigenvalue weighted by Crippen LogP contribution is -2.61. The first-order valence-electron chi connectivity index (χ1n) is 18.5. The normalized spacial score (nSPS) is 39.0. The number of rotatable bonds is 12. The van der Waals surface area contributed by atoms with Crippen LogP contribution in [0.1, 0.15) is 106 Å². The highest BCUT2D eigenvalue weighted by atomic mass is 28.4. The lowest BCUT2D eigenvalue weighted by Gasteiger charge is -2.64. The van der Waals surface area contributed by atoms with Crippen molar-refractivity contribution in [3.05, 3.63) is 0 Å². The van der Waals surface area contributed by atoms with Crippen LogP contribution in [0.5, 0.6) is 0 Å². The Morgan fingerprint density at radius 1 is 0.791 bits per heavy atom. The molecule has 7 heteroatoms. The van der Waals surface area contributed by atoms with Gasteiger partial charge in [0.2, 0.25) is 8.32 Å². The monoisotopic (exact) mass is 650 g/mol. The summed E-state index contributed by atoms with van der Waals surface area (Å²) in [5, 5.41) is 0. The van der Waals surface area contributed by atoms with Gasteiger partial charge >= 0.3 is 0 Å². The average Bonchev–Trinajstić information content (AvgIpc) is 3.30. The van der Waals surface area contributed by atoms with Crippen LogP contribution in [-0.2, 0) is 18.1 Å². The number of fused-ring (bicyclic) bond motifs is 5. The molecule has 250 valence electrons. The third-order valence-electron chi connectivity index (χ3n) is 14.1. The molecule has 4 saturated carbocycles. The molecule has 7 unspecified atom stereocenters. The van der Waals surface area contributed by atoms with E-state index in [4.69, 9.17) is 13.3 Å². The Balaban J connectivity index is 1.55. The predicted molar refractivity (Wildman–Crippen MR) is 189 cm³/mol. The molecule has 0 heterocycles. The van der Waals surface area contributed by atoms with Crippen LogP contribution >= 0.6 is 0 Å². The number of carbonyl (C=O) groups is 1. The van der Waals surface area contributed by atoms with E-state index in [0.29, 0.717) is 35.9 Å². The fourth-order valence-corrected chi connectivity index (χ4v) is 13.8. The number of hydrogen-bond acceptors (Lipinski definition) is 4. The quantitative estimate of drug-likeness (QED) is 0.197. The summed E-state index contributed by atoms with van der Waals surface area (Å²) in [5.41, 5.74) is 0.632. The Kier molecular flexibility index (Phi) is 11.1. The first-order valence-corrected chi connectivity index (χ1v) is 27.8. The van der Waals surface area contributed by atoms with Gasteiger partial charge in [-0.1, -0.05) is 41.5 Å². The fourth-order valence-electron chi connectivity index (χ4n) is 10.4. The summed E-state index contributed by atoms with van der Waals surface area (Å²) in [5.74, 6) is 4.35. The molecule has 4 aliphatic rings. The maximum Gasteiger partial charge on any atom is 0.292 e. The van der Waals surface area contributed by atoms with Gasteiger partial charge in [-0.2, -0.15) is 0 Å². The lowest BCUT2D eigenvalue weighted by molar-refractivity contribution is -0.169. The lowest BCUT2D eigenvalue weighted by atomic mass is 9.43. The standard InChI is InChI=1S/C36H70O4Si3/c1-13-41(7,8)38-28-22-23-35(5)27(24-28)17-18-29-31-20-19-30(26(4)16-21-34(37)40-43(11,12)15-3)36(31,6)33(25-32(29)35)39-42(9,10)14-2/h26-33H,13-25H2,1-12H3/t26?,27-,28+,29?,30?,31?,32?,33-,35?,36?/m0/s1. The van der Waals surface area contributed by atoms with Crippen LogP contribution in [0.15, 0.2) is 0 Å². The molecule has 4 rings (SSSR count). The van der Waals surface area contributed by atoms with Gasteiger partial charge in [0, 0.05) is 12.5 Å². The first kappa shape index (κ1) is 35.9. The van der Waals surface area contributed by atoms with Crippen molar-refractivity contribution < 1.29 is 18.1 Å². The van der Waals surface area contributed by atoms with E-state index in [2.05, 4.69) is 80.8 Å². The molecule has 10 atom stereocenters. The molecule has 0 bridgehead atoms. The van der Waals surface area contributed by atoms with E-state index in [1.807, 2.05) is 0 Å². The van der Waals surface area contributed by atoms with Crippen molar-refractivity contribution in [2.75, 3.05) is 0 Å². The first-order chi connectivity index (χ1) is 19.9. The molecule has 0 aromatic rings. The Bertz CT molecular complexity index is 968. The minimum atomic E-state index is -1.86. The molecule has 0 aliphatic heterocycles. The zero-order valence-electron chi connectivity index (χ0n) is 30.4. The largest absolute Gasteiger partial charge is 0.520 e. The van der Waals surface area contributed by atoms with Crippen molar-refractivity contribution >= 4 is 30.9 Å². The van der Waals surface area contributed by atoms with Crippen molar-refractivity contribution in [1.29, 1.82) is 0 Å². The van der Waals surface area contributed by atoms with Gasteiger partial charge in [-0.05, 0) is 162 Å². The summed E-state index contributed by atoms with van der Waals surface area (Å²) in [7, 11) is -5.15. The molecule has 0 saturated heterocycles. The Labute approximate surface area is 270 Å². The topological polar surface area (TPSA) is 44.8 Å². The second kappa shape index (κ2) is 13.3. The van der Waals surface area contributed by atoms with Gasteiger partial charge in [0.1, 0.15) is 0 Å². The molecule has 0 aromatic heterocycles. The molecule has 0 amide bonds. The third-order valence-corrected chi connectivity index (χ3v) is 21.9. The third kappa shape index (κ3) is 7.46. The summed E-state index contributed by atoms with van der Waals surface area (Å²) in [6.45, 7) is 28.7. The van der Waals surface area contributed by atoms with Crippen molar-refractivity contribution in [2.45, 2.75) is 175 Å².